The maximum atomic E-state index is 8.79. The lowest BCUT2D eigenvalue weighted by molar-refractivity contribution is 0.0878. The summed E-state index contributed by atoms with van der Waals surface area (Å²) >= 11 is 5.37. The molecule has 26 heavy (non-hydrogen) atoms. The number of furan rings is 1. The number of aryl methyl sites for hydroxylation is 1. The Morgan fingerprint density at radius 3 is 2.12 bits per heavy atom. The minimum Gasteiger partial charge on any atom is -0.459 e. The predicted molar refractivity (Wildman–Crippen MR) is 103 cm³/mol. The van der Waals surface area contributed by atoms with Crippen LogP contribution >= 0.6 is 12.2 Å². The van der Waals surface area contributed by atoms with Crippen molar-refractivity contribution in [3.63, 3.8) is 0 Å². The fraction of sp³-hybridized carbons (Fsp3) is 0.611. The second kappa shape index (κ2) is 12.8. The average molecular weight is 387 g/mol. The Labute approximate surface area is 159 Å². The molecule has 8 heteroatoms. The SMILES string of the molecule is CC.Cc1coc2c(=S)cc(N(CCOCCO)CCOCCO)oc12. The molecule has 0 aromatic carbocycles. The van der Waals surface area contributed by atoms with Gasteiger partial charge in [-0.2, -0.15) is 0 Å². The summed E-state index contributed by atoms with van der Waals surface area (Å²) in [6, 6.07) is 1.75. The molecule has 0 amide bonds. The highest BCUT2D eigenvalue weighted by molar-refractivity contribution is 7.71. The number of hydrogen-bond donors (Lipinski definition) is 2. The van der Waals surface area contributed by atoms with Crippen molar-refractivity contribution in [2.45, 2.75) is 20.8 Å². The molecule has 7 nitrogen and oxygen atoms in total. The molecule has 0 fully saturated rings. The van der Waals surface area contributed by atoms with E-state index in [1.165, 1.54) is 0 Å². The van der Waals surface area contributed by atoms with E-state index in [4.69, 9.17) is 40.7 Å². The van der Waals surface area contributed by atoms with Crippen LogP contribution < -0.4 is 4.90 Å². The van der Waals surface area contributed by atoms with E-state index in [0.29, 0.717) is 47.9 Å². The van der Waals surface area contributed by atoms with E-state index in [1.807, 2.05) is 25.7 Å². The van der Waals surface area contributed by atoms with Crippen molar-refractivity contribution < 1.29 is 28.5 Å². The first-order chi connectivity index (χ1) is 12.7. The number of fused-ring (bicyclic) bond motifs is 1. The van der Waals surface area contributed by atoms with Gasteiger partial charge in [0.25, 0.3) is 0 Å². The lowest BCUT2D eigenvalue weighted by atomic mass is 10.3. The molecule has 0 aliphatic heterocycles. The second-order valence-electron chi connectivity index (χ2n) is 5.18. The fourth-order valence-corrected chi connectivity index (χ4v) is 2.45. The third kappa shape index (κ3) is 6.69. The lowest BCUT2D eigenvalue weighted by Crippen LogP contribution is -2.31. The molecular weight excluding hydrogens is 358 g/mol. The Hall–Kier alpha value is -1.45. The van der Waals surface area contributed by atoms with Gasteiger partial charge in [0.15, 0.2) is 17.1 Å². The maximum absolute atomic E-state index is 8.79. The summed E-state index contributed by atoms with van der Waals surface area (Å²) in [5.41, 5.74) is 2.08. The van der Waals surface area contributed by atoms with Crippen LogP contribution in [0.4, 0.5) is 5.88 Å². The first-order valence-corrected chi connectivity index (χ1v) is 9.22. The zero-order chi connectivity index (χ0) is 19.4. The van der Waals surface area contributed by atoms with E-state index in [0.717, 1.165) is 5.56 Å². The molecule has 2 rings (SSSR count). The number of nitrogens with zero attached hydrogens (tertiary/aromatic N) is 1. The predicted octanol–water partition coefficient (Wildman–Crippen LogP) is 2.91. The molecule has 2 aromatic heterocycles. The van der Waals surface area contributed by atoms with Gasteiger partial charge in [0.05, 0.1) is 50.4 Å². The van der Waals surface area contributed by atoms with Gasteiger partial charge < -0.3 is 33.4 Å². The van der Waals surface area contributed by atoms with Gasteiger partial charge in [0.1, 0.15) is 0 Å². The molecule has 2 N–H and O–H groups in total. The first kappa shape index (κ1) is 22.6. The Kier molecular flexibility index (Phi) is 11.1. The Balaban J connectivity index is 0.00000163. The zero-order valence-electron chi connectivity index (χ0n) is 15.7. The van der Waals surface area contributed by atoms with Crippen LogP contribution in [0, 0.1) is 11.4 Å². The summed E-state index contributed by atoms with van der Waals surface area (Å²) in [6.45, 7) is 8.44. The maximum Gasteiger partial charge on any atom is 0.197 e. The Morgan fingerprint density at radius 2 is 1.58 bits per heavy atom. The first-order valence-electron chi connectivity index (χ1n) is 8.81. The van der Waals surface area contributed by atoms with Crippen LogP contribution in [0.2, 0.25) is 0 Å². The molecule has 0 unspecified atom stereocenters. The minimum atomic E-state index is -0.0134. The van der Waals surface area contributed by atoms with Crippen molar-refractivity contribution in [2.24, 2.45) is 0 Å². The van der Waals surface area contributed by atoms with E-state index in [-0.39, 0.29) is 26.4 Å². The van der Waals surface area contributed by atoms with Crippen LogP contribution in [0.1, 0.15) is 19.4 Å². The van der Waals surface area contributed by atoms with Crippen molar-refractivity contribution in [1.29, 1.82) is 0 Å². The highest BCUT2D eigenvalue weighted by Gasteiger charge is 2.14. The lowest BCUT2D eigenvalue weighted by Gasteiger charge is -2.23. The summed E-state index contributed by atoms with van der Waals surface area (Å²) < 4.78 is 22.6. The van der Waals surface area contributed by atoms with Gasteiger partial charge in [0, 0.05) is 24.7 Å². The molecule has 0 saturated carbocycles. The third-order valence-electron chi connectivity index (χ3n) is 3.40. The van der Waals surface area contributed by atoms with Gasteiger partial charge in [-0.25, -0.2) is 0 Å². The molecule has 0 radical (unpaired) electrons. The van der Waals surface area contributed by atoms with Crippen molar-refractivity contribution in [1.82, 2.24) is 0 Å². The Bertz CT molecular complexity index is 672. The van der Waals surface area contributed by atoms with Crippen LogP contribution in [0.25, 0.3) is 11.2 Å². The van der Waals surface area contributed by atoms with Crippen molar-refractivity contribution >= 4 is 29.3 Å². The summed E-state index contributed by atoms with van der Waals surface area (Å²) in [5, 5.41) is 17.6. The molecule has 0 atom stereocenters. The van der Waals surface area contributed by atoms with Gasteiger partial charge in [-0.15, -0.1) is 0 Å². The number of hydrogen-bond acceptors (Lipinski definition) is 8. The quantitative estimate of drug-likeness (QED) is 0.449. The third-order valence-corrected chi connectivity index (χ3v) is 3.70. The standard InChI is InChI=1S/C16H23NO6S.C2H6/c1-12-11-22-16-13(24)10-14(23-15(12)16)17(2-6-20-8-4-18)3-7-21-9-5-19;1-2/h10-11,18-19H,2-9H2,1H3;1-2H3. The summed E-state index contributed by atoms with van der Waals surface area (Å²) in [5.74, 6) is 0.609. The van der Waals surface area contributed by atoms with Crippen LogP contribution in [0.5, 0.6) is 0 Å². The zero-order valence-corrected chi connectivity index (χ0v) is 16.5. The van der Waals surface area contributed by atoms with Crippen molar-refractivity contribution in [3.8, 4) is 0 Å². The van der Waals surface area contributed by atoms with Crippen LogP contribution in [0.15, 0.2) is 21.2 Å². The monoisotopic (exact) mass is 387 g/mol. The highest BCUT2D eigenvalue weighted by Crippen LogP contribution is 2.27. The van der Waals surface area contributed by atoms with Gasteiger partial charge in [0.2, 0.25) is 0 Å². The van der Waals surface area contributed by atoms with E-state index >= 15 is 0 Å². The molecular formula is C18H29NO6S. The van der Waals surface area contributed by atoms with Crippen molar-refractivity contribution in [3.05, 3.63) is 22.4 Å². The number of aliphatic hydroxyl groups is 2. The molecule has 148 valence electrons. The van der Waals surface area contributed by atoms with Gasteiger partial charge in [-0.05, 0) is 6.92 Å². The number of anilines is 1. The highest BCUT2D eigenvalue weighted by atomic mass is 32.1. The number of ether oxygens (including phenoxy) is 2. The summed E-state index contributed by atoms with van der Waals surface area (Å²) in [7, 11) is 0. The van der Waals surface area contributed by atoms with E-state index in [9.17, 15) is 0 Å². The summed E-state index contributed by atoms with van der Waals surface area (Å²) in [6.07, 6.45) is 1.62. The molecule has 0 spiro atoms. The Morgan fingerprint density at radius 1 is 1.00 bits per heavy atom. The topological polar surface area (TPSA) is 88.4 Å². The van der Waals surface area contributed by atoms with Gasteiger partial charge in [-0.1, -0.05) is 26.1 Å². The molecule has 2 heterocycles. The number of aliphatic hydroxyl groups excluding tert-OH is 2. The van der Waals surface area contributed by atoms with Crippen molar-refractivity contribution in [2.75, 3.05) is 57.6 Å². The molecule has 2 aromatic rings. The fourth-order valence-electron chi connectivity index (χ4n) is 2.21. The van der Waals surface area contributed by atoms with Crippen LogP contribution in [-0.4, -0.2) is 62.9 Å². The summed E-state index contributed by atoms with van der Waals surface area (Å²) in [4.78, 5) is 1.95. The van der Waals surface area contributed by atoms with Crippen LogP contribution in [0.3, 0.4) is 0 Å². The van der Waals surface area contributed by atoms with Gasteiger partial charge >= 0.3 is 0 Å². The van der Waals surface area contributed by atoms with Gasteiger partial charge in [-0.3, -0.25) is 0 Å². The normalized spacial score (nSPS) is 10.7. The minimum absolute atomic E-state index is 0.0134. The largest absolute Gasteiger partial charge is 0.459 e. The van der Waals surface area contributed by atoms with E-state index in [1.54, 1.807) is 12.3 Å². The number of rotatable bonds is 11. The van der Waals surface area contributed by atoms with Crippen LogP contribution in [-0.2, 0) is 9.47 Å². The van der Waals surface area contributed by atoms with E-state index < -0.39 is 0 Å². The average Bonchev–Trinajstić information content (AvgIpc) is 3.03. The molecule has 0 aliphatic rings. The molecule has 0 aliphatic carbocycles. The molecule has 0 bridgehead atoms. The van der Waals surface area contributed by atoms with E-state index in [2.05, 4.69) is 0 Å². The second-order valence-corrected chi connectivity index (χ2v) is 5.62. The smallest absolute Gasteiger partial charge is 0.197 e. The molecule has 0 saturated heterocycles.